The largest absolute Gasteiger partial charge is 0.468 e. The van der Waals surface area contributed by atoms with Crippen molar-refractivity contribution >= 4 is 22.5 Å². The van der Waals surface area contributed by atoms with Crippen LogP contribution in [0.3, 0.4) is 0 Å². The molecule has 0 saturated carbocycles. The standard InChI is InChI=1S/C30H33ClN6O2/c1-6-30(4,5)37-28(33-34-35-37)27(25-16-22-14-19(2)20(3)15-26(22)32-29(25)38)36(18-24-8-7-13-39-24)17-21-9-11-23(31)12-10-21/h7-16,27H,6,17-18H2,1-5H3,(H,32,38)/t27-/m1/s1. The molecule has 39 heavy (non-hydrogen) atoms. The van der Waals surface area contributed by atoms with E-state index in [1.807, 2.05) is 60.1 Å². The van der Waals surface area contributed by atoms with E-state index < -0.39 is 6.04 Å². The Morgan fingerprint density at radius 1 is 1.08 bits per heavy atom. The van der Waals surface area contributed by atoms with E-state index in [9.17, 15) is 4.79 Å². The number of furan rings is 1. The van der Waals surface area contributed by atoms with Crippen molar-refractivity contribution in [2.75, 3.05) is 0 Å². The molecule has 0 spiro atoms. The van der Waals surface area contributed by atoms with Crippen molar-refractivity contribution in [1.29, 1.82) is 0 Å². The lowest BCUT2D eigenvalue weighted by molar-refractivity contribution is 0.168. The molecule has 9 heteroatoms. The van der Waals surface area contributed by atoms with E-state index in [0.29, 0.717) is 29.5 Å². The van der Waals surface area contributed by atoms with Crippen molar-refractivity contribution in [3.8, 4) is 0 Å². The monoisotopic (exact) mass is 544 g/mol. The maximum atomic E-state index is 13.8. The maximum Gasteiger partial charge on any atom is 0.253 e. The Hall–Kier alpha value is -3.75. The quantitative estimate of drug-likeness (QED) is 0.233. The molecule has 8 nitrogen and oxygen atoms in total. The Balaban J connectivity index is 1.74. The molecule has 202 valence electrons. The molecule has 5 rings (SSSR count). The Morgan fingerprint density at radius 2 is 1.82 bits per heavy atom. The number of aromatic amines is 1. The van der Waals surface area contributed by atoms with Gasteiger partial charge in [-0.25, -0.2) is 4.68 Å². The van der Waals surface area contributed by atoms with Gasteiger partial charge in [0.15, 0.2) is 5.82 Å². The number of halogens is 1. The molecule has 2 aromatic carbocycles. The van der Waals surface area contributed by atoms with Gasteiger partial charge in [-0.15, -0.1) is 5.10 Å². The van der Waals surface area contributed by atoms with Crippen LogP contribution in [0.5, 0.6) is 0 Å². The van der Waals surface area contributed by atoms with Gasteiger partial charge < -0.3 is 9.40 Å². The van der Waals surface area contributed by atoms with Crippen LogP contribution in [0.4, 0.5) is 0 Å². The first-order valence-electron chi connectivity index (χ1n) is 13.1. The molecule has 0 saturated heterocycles. The molecule has 0 fully saturated rings. The Kier molecular flexibility index (Phi) is 7.42. The number of aromatic nitrogens is 5. The zero-order chi connectivity index (χ0) is 27.7. The summed E-state index contributed by atoms with van der Waals surface area (Å²) < 4.78 is 7.61. The van der Waals surface area contributed by atoms with Gasteiger partial charge in [0, 0.05) is 22.6 Å². The second-order valence-electron chi connectivity index (χ2n) is 10.7. The van der Waals surface area contributed by atoms with Gasteiger partial charge in [0.2, 0.25) is 0 Å². The fourth-order valence-corrected chi connectivity index (χ4v) is 4.93. The van der Waals surface area contributed by atoms with Gasteiger partial charge in [0.1, 0.15) is 11.8 Å². The molecule has 3 aromatic heterocycles. The SMILES string of the molecule is CCC(C)(C)n1nnnc1[C@@H](c1cc2cc(C)c(C)cc2[nH]c1=O)N(Cc1ccc(Cl)cc1)Cc1ccco1. The highest BCUT2D eigenvalue weighted by Gasteiger charge is 2.35. The minimum absolute atomic E-state index is 0.180. The average molecular weight is 545 g/mol. The summed E-state index contributed by atoms with van der Waals surface area (Å²) in [6.45, 7) is 11.3. The summed E-state index contributed by atoms with van der Waals surface area (Å²) in [7, 11) is 0. The van der Waals surface area contributed by atoms with E-state index in [1.165, 1.54) is 0 Å². The zero-order valence-corrected chi connectivity index (χ0v) is 23.7. The van der Waals surface area contributed by atoms with Crippen LogP contribution < -0.4 is 5.56 Å². The predicted molar refractivity (Wildman–Crippen MR) is 153 cm³/mol. The third-order valence-corrected chi connectivity index (χ3v) is 7.81. The first-order chi connectivity index (χ1) is 18.7. The second kappa shape index (κ2) is 10.8. The molecule has 0 aliphatic carbocycles. The van der Waals surface area contributed by atoms with Crippen LogP contribution in [-0.4, -0.2) is 30.1 Å². The smallest absolute Gasteiger partial charge is 0.253 e. The van der Waals surface area contributed by atoms with Gasteiger partial charge >= 0.3 is 0 Å². The normalized spacial score (nSPS) is 12.9. The summed E-state index contributed by atoms with van der Waals surface area (Å²) in [5.41, 5.74) is 4.13. The van der Waals surface area contributed by atoms with Crippen molar-refractivity contribution in [3.63, 3.8) is 0 Å². The van der Waals surface area contributed by atoms with E-state index >= 15 is 0 Å². The van der Waals surface area contributed by atoms with Crippen molar-refractivity contribution in [1.82, 2.24) is 30.1 Å². The number of aryl methyl sites for hydroxylation is 2. The highest BCUT2D eigenvalue weighted by atomic mass is 35.5. The number of fused-ring (bicyclic) bond motifs is 1. The number of pyridine rings is 1. The second-order valence-corrected chi connectivity index (χ2v) is 11.1. The fraction of sp³-hybridized carbons (Fsp3) is 0.333. The van der Waals surface area contributed by atoms with E-state index in [2.05, 4.69) is 59.2 Å². The number of H-pyrrole nitrogens is 1. The Bertz CT molecular complexity index is 1640. The summed E-state index contributed by atoms with van der Waals surface area (Å²) >= 11 is 6.19. The minimum Gasteiger partial charge on any atom is -0.468 e. The van der Waals surface area contributed by atoms with Crippen LogP contribution in [0.25, 0.3) is 10.9 Å². The van der Waals surface area contributed by atoms with E-state index in [0.717, 1.165) is 39.8 Å². The number of benzene rings is 2. The lowest BCUT2D eigenvalue weighted by Gasteiger charge is -2.33. The maximum absolute atomic E-state index is 13.8. The minimum atomic E-state index is -0.568. The van der Waals surface area contributed by atoms with Crippen LogP contribution in [0.1, 0.15) is 67.1 Å². The van der Waals surface area contributed by atoms with Crippen LogP contribution in [0.2, 0.25) is 5.02 Å². The van der Waals surface area contributed by atoms with Crippen molar-refractivity contribution in [3.05, 3.63) is 110 Å². The molecule has 0 amide bonds. The third-order valence-electron chi connectivity index (χ3n) is 7.56. The van der Waals surface area contributed by atoms with Crippen molar-refractivity contribution in [2.24, 2.45) is 0 Å². The number of hydrogen-bond acceptors (Lipinski definition) is 6. The van der Waals surface area contributed by atoms with Gasteiger partial charge in [-0.2, -0.15) is 0 Å². The predicted octanol–water partition coefficient (Wildman–Crippen LogP) is 6.31. The van der Waals surface area contributed by atoms with Gasteiger partial charge in [-0.1, -0.05) is 30.7 Å². The Labute approximate surface area is 232 Å². The molecule has 1 N–H and O–H groups in total. The lowest BCUT2D eigenvalue weighted by atomic mass is 9.98. The molecule has 5 aromatic rings. The Morgan fingerprint density at radius 3 is 2.51 bits per heavy atom. The third kappa shape index (κ3) is 5.53. The molecule has 0 radical (unpaired) electrons. The summed E-state index contributed by atoms with van der Waals surface area (Å²) in [6.07, 6.45) is 2.46. The molecular formula is C30H33ClN6O2. The zero-order valence-electron chi connectivity index (χ0n) is 22.9. The van der Waals surface area contributed by atoms with Crippen LogP contribution in [0.15, 0.2) is 70.1 Å². The molecule has 0 bridgehead atoms. The molecule has 1 atom stereocenters. The molecule has 0 unspecified atom stereocenters. The number of tetrazole rings is 1. The fourth-order valence-electron chi connectivity index (χ4n) is 4.81. The lowest BCUT2D eigenvalue weighted by Crippen LogP contribution is -2.38. The van der Waals surface area contributed by atoms with E-state index in [4.69, 9.17) is 16.0 Å². The summed E-state index contributed by atoms with van der Waals surface area (Å²) in [6, 6.07) is 17.0. The molecule has 3 heterocycles. The van der Waals surface area contributed by atoms with Gasteiger partial charge in [-0.05, 0) is 109 Å². The van der Waals surface area contributed by atoms with E-state index in [-0.39, 0.29) is 11.1 Å². The van der Waals surface area contributed by atoms with Crippen LogP contribution in [0, 0.1) is 13.8 Å². The first-order valence-corrected chi connectivity index (χ1v) is 13.5. The van der Waals surface area contributed by atoms with Crippen LogP contribution in [-0.2, 0) is 18.6 Å². The van der Waals surface area contributed by atoms with Crippen molar-refractivity contribution in [2.45, 2.75) is 65.7 Å². The highest BCUT2D eigenvalue weighted by molar-refractivity contribution is 6.30. The number of hydrogen-bond donors (Lipinski definition) is 1. The number of nitrogens with one attached hydrogen (secondary N) is 1. The topological polar surface area (TPSA) is 92.8 Å². The van der Waals surface area contributed by atoms with E-state index in [1.54, 1.807) is 6.26 Å². The van der Waals surface area contributed by atoms with Crippen molar-refractivity contribution < 1.29 is 4.42 Å². The molecular weight excluding hydrogens is 512 g/mol. The molecule has 0 aliphatic rings. The number of nitrogens with zero attached hydrogens (tertiary/aromatic N) is 5. The van der Waals surface area contributed by atoms with Gasteiger partial charge in [0.25, 0.3) is 5.56 Å². The first kappa shape index (κ1) is 26.8. The van der Waals surface area contributed by atoms with Crippen LogP contribution >= 0.6 is 11.6 Å². The average Bonchev–Trinajstić information content (AvgIpc) is 3.60. The number of rotatable bonds is 9. The summed E-state index contributed by atoms with van der Waals surface area (Å²) in [5, 5.41) is 14.6. The van der Waals surface area contributed by atoms with Gasteiger partial charge in [-0.3, -0.25) is 9.69 Å². The molecule has 0 aliphatic heterocycles. The van der Waals surface area contributed by atoms with Gasteiger partial charge in [0.05, 0.1) is 18.3 Å². The highest BCUT2D eigenvalue weighted by Crippen LogP contribution is 2.33. The summed E-state index contributed by atoms with van der Waals surface area (Å²) in [4.78, 5) is 19.1. The summed E-state index contributed by atoms with van der Waals surface area (Å²) in [5.74, 6) is 1.36.